The van der Waals surface area contributed by atoms with Gasteiger partial charge in [-0.15, -0.1) is 5.10 Å². The first-order valence-electron chi connectivity index (χ1n) is 10.2. The van der Waals surface area contributed by atoms with Crippen molar-refractivity contribution in [1.29, 1.82) is 0 Å². The summed E-state index contributed by atoms with van der Waals surface area (Å²) in [7, 11) is 0. The summed E-state index contributed by atoms with van der Waals surface area (Å²) in [4.78, 5) is 23.9. The molecule has 1 aliphatic rings. The molecule has 7 heteroatoms. The Labute approximate surface area is 176 Å². The van der Waals surface area contributed by atoms with E-state index < -0.39 is 0 Å². The number of hydrogen-bond donors (Lipinski definition) is 0. The van der Waals surface area contributed by atoms with Crippen LogP contribution in [0.5, 0.6) is 0 Å². The summed E-state index contributed by atoms with van der Waals surface area (Å²) < 4.78 is 0. The Bertz CT molecular complexity index is 1020. The zero-order chi connectivity index (χ0) is 21.1. The first kappa shape index (κ1) is 19.9. The van der Waals surface area contributed by atoms with Gasteiger partial charge < -0.3 is 9.80 Å². The third kappa shape index (κ3) is 4.01. The number of rotatable bonds is 5. The Hall–Kier alpha value is -3.35. The first-order valence-corrected chi connectivity index (χ1v) is 10.2. The minimum Gasteiger partial charge on any atom is -0.351 e. The molecular formula is C23H26N6O. The number of piperazine rings is 1. The van der Waals surface area contributed by atoms with Gasteiger partial charge in [0.2, 0.25) is 0 Å². The number of hydrogen-bond acceptors (Lipinski definition) is 7. The zero-order valence-corrected chi connectivity index (χ0v) is 17.6. The molecule has 0 radical (unpaired) electrons. The fourth-order valence-electron chi connectivity index (χ4n) is 3.93. The Kier molecular flexibility index (Phi) is 5.70. The molecule has 1 atom stereocenters. The van der Waals surface area contributed by atoms with Crippen LogP contribution >= 0.6 is 0 Å². The van der Waals surface area contributed by atoms with Gasteiger partial charge in [-0.2, -0.15) is 5.10 Å². The topological polar surface area (TPSA) is 75.1 Å². The van der Waals surface area contributed by atoms with Gasteiger partial charge in [-0.25, -0.2) is 9.97 Å². The normalized spacial score (nSPS) is 16.6. The summed E-state index contributed by atoms with van der Waals surface area (Å²) in [5.41, 5.74) is 5.01. The molecule has 4 rings (SSSR count). The van der Waals surface area contributed by atoms with Gasteiger partial charge in [0, 0.05) is 32.1 Å². The number of benzene rings is 1. The van der Waals surface area contributed by atoms with Crippen LogP contribution in [0.4, 0.5) is 11.6 Å². The molecule has 0 spiro atoms. The standard InChI is InChI=1S/C23H26N6O/c1-16-14-28(9-10-29(16)22-13-24-20(15-30)12-25-22)23-18(3)17(2)21(26-27-23)11-19-7-5-4-6-8-19/h4-8,12-13,15-16H,9-11,14H2,1-3H3/t16-/m1/s1. The van der Waals surface area contributed by atoms with Crippen molar-refractivity contribution in [1.82, 2.24) is 20.2 Å². The van der Waals surface area contributed by atoms with Gasteiger partial charge >= 0.3 is 0 Å². The summed E-state index contributed by atoms with van der Waals surface area (Å²) >= 11 is 0. The zero-order valence-electron chi connectivity index (χ0n) is 17.6. The van der Waals surface area contributed by atoms with E-state index in [4.69, 9.17) is 0 Å². The lowest BCUT2D eigenvalue weighted by Gasteiger charge is -2.41. The highest BCUT2D eigenvalue weighted by Crippen LogP contribution is 2.26. The van der Waals surface area contributed by atoms with E-state index in [1.54, 1.807) is 6.20 Å². The number of aldehydes is 1. The smallest absolute Gasteiger partial charge is 0.170 e. The lowest BCUT2D eigenvalue weighted by molar-refractivity contribution is 0.111. The number of anilines is 2. The number of aromatic nitrogens is 4. The Balaban J connectivity index is 1.49. The van der Waals surface area contributed by atoms with Crippen molar-refractivity contribution < 1.29 is 4.79 Å². The molecule has 30 heavy (non-hydrogen) atoms. The van der Waals surface area contributed by atoms with Crippen LogP contribution in [0.15, 0.2) is 42.7 Å². The summed E-state index contributed by atoms with van der Waals surface area (Å²) in [6.07, 6.45) is 4.69. The van der Waals surface area contributed by atoms with Gasteiger partial charge in [0.25, 0.3) is 0 Å². The van der Waals surface area contributed by atoms with Crippen LogP contribution in [0.25, 0.3) is 0 Å². The monoisotopic (exact) mass is 402 g/mol. The SMILES string of the molecule is Cc1c(Cc2ccccc2)nnc(N2CCN(c3cnc(C=O)cn3)[C@H](C)C2)c1C. The van der Waals surface area contributed by atoms with Crippen molar-refractivity contribution in [2.24, 2.45) is 0 Å². The van der Waals surface area contributed by atoms with Gasteiger partial charge in [0.15, 0.2) is 12.1 Å². The molecule has 1 aliphatic heterocycles. The molecule has 0 amide bonds. The van der Waals surface area contributed by atoms with Gasteiger partial charge in [-0.3, -0.25) is 4.79 Å². The molecule has 1 saturated heterocycles. The van der Waals surface area contributed by atoms with Crippen LogP contribution in [-0.4, -0.2) is 52.1 Å². The predicted octanol–water partition coefficient (Wildman–Crippen LogP) is 3.00. The van der Waals surface area contributed by atoms with E-state index in [1.165, 1.54) is 22.9 Å². The molecule has 2 aromatic heterocycles. The van der Waals surface area contributed by atoms with Crippen molar-refractivity contribution in [3.63, 3.8) is 0 Å². The van der Waals surface area contributed by atoms with E-state index in [-0.39, 0.29) is 6.04 Å². The van der Waals surface area contributed by atoms with Crippen LogP contribution < -0.4 is 9.80 Å². The molecule has 3 aromatic rings. The Morgan fingerprint density at radius 3 is 2.50 bits per heavy atom. The van der Waals surface area contributed by atoms with Gasteiger partial charge in [-0.05, 0) is 37.5 Å². The molecule has 0 N–H and O–H groups in total. The van der Waals surface area contributed by atoms with Gasteiger partial charge in [0.05, 0.1) is 18.1 Å². The number of carbonyl (C=O) groups is 1. The summed E-state index contributed by atoms with van der Waals surface area (Å²) in [6.45, 7) is 8.89. The predicted molar refractivity (Wildman–Crippen MR) is 117 cm³/mol. The highest BCUT2D eigenvalue weighted by atomic mass is 16.1. The second kappa shape index (κ2) is 8.57. The first-order chi connectivity index (χ1) is 14.6. The van der Waals surface area contributed by atoms with E-state index in [0.717, 1.165) is 43.4 Å². The van der Waals surface area contributed by atoms with Crippen LogP contribution in [-0.2, 0) is 6.42 Å². The Morgan fingerprint density at radius 2 is 1.83 bits per heavy atom. The lowest BCUT2D eigenvalue weighted by atomic mass is 10.0. The third-order valence-corrected chi connectivity index (χ3v) is 5.81. The fraction of sp³-hybridized carbons (Fsp3) is 0.348. The summed E-state index contributed by atoms with van der Waals surface area (Å²) in [5, 5.41) is 9.17. The maximum Gasteiger partial charge on any atom is 0.170 e. The molecule has 3 heterocycles. The summed E-state index contributed by atoms with van der Waals surface area (Å²) in [5.74, 6) is 1.75. The molecule has 0 bridgehead atoms. The molecule has 0 aliphatic carbocycles. The van der Waals surface area contributed by atoms with Gasteiger partial charge in [-0.1, -0.05) is 30.3 Å². The van der Waals surface area contributed by atoms with Crippen molar-refractivity contribution in [3.05, 3.63) is 70.8 Å². The van der Waals surface area contributed by atoms with Crippen molar-refractivity contribution in [2.45, 2.75) is 33.2 Å². The lowest BCUT2D eigenvalue weighted by Crippen LogP contribution is -2.53. The van der Waals surface area contributed by atoms with Crippen molar-refractivity contribution in [3.8, 4) is 0 Å². The maximum atomic E-state index is 10.8. The van der Waals surface area contributed by atoms with Crippen molar-refractivity contribution >= 4 is 17.9 Å². The minimum absolute atomic E-state index is 0.237. The maximum absolute atomic E-state index is 10.8. The second-order valence-electron chi connectivity index (χ2n) is 7.79. The fourth-order valence-corrected chi connectivity index (χ4v) is 3.93. The number of carbonyl (C=O) groups excluding carboxylic acids is 1. The molecule has 0 saturated carbocycles. The molecular weight excluding hydrogens is 376 g/mol. The number of nitrogens with zero attached hydrogens (tertiary/aromatic N) is 6. The minimum atomic E-state index is 0.237. The molecule has 1 fully saturated rings. The van der Waals surface area contributed by atoms with E-state index >= 15 is 0 Å². The third-order valence-electron chi connectivity index (χ3n) is 5.81. The average Bonchev–Trinajstić information content (AvgIpc) is 2.78. The second-order valence-corrected chi connectivity index (χ2v) is 7.79. The highest BCUT2D eigenvalue weighted by Gasteiger charge is 2.27. The van der Waals surface area contributed by atoms with Gasteiger partial charge in [0.1, 0.15) is 11.5 Å². The van der Waals surface area contributed by atoms with Crippen LogP contribution in [0.2, 0.25) is 0 Å². The average molecular weight is 403 g/mol. The molecule has 154 valence electrons. The molecule has 7 nitrogen and oxygen atoms in total. The van der Waals surface area contributed by atoms with Crippen molar-refractivity contribution in [2.75, 3.05) is 29.4 Å². The largest absolute Gasteiger partial charge is 0.351 e. The van der Waals surface area contributed by atoms with E-state index in [1.807, 2.05) is 6.07 Å². The quantitative estimate of drug-likeness (QED) is 0.607. The van der Waals surface area contributed by atoms with Crippen LogP contribution in [0, 0.1) is 13.8 Å². The molecule has 0 unspecified atom stereocenters. The Morgan fingerprint density at radius 1 is 1.03 bits per heavy atom. The molecule has 1 aromatic carbocycles. The van der Waals surface area contributed by atoms with Crippen LogP contribution in [0.1, 0.15) is 39.8 Å². The summed E-state index contributed by atoms with van der Waals surface area (Å²) in [6, 6.07) is 10.6. The van der Waals surface area contributed by atoms with E-state index in [2.05, 4.69) is 75.0 Å². The highest BCUT2D eigenvalue weighted by molar-refractivity contribution is 5.71. The van der Waals surface area contributed by atoms with Crippen LogP contribution in [0.3, 0.4) is 0 Å². The van der Waals surface area contributed by atoms with E-state index in [0.29, 0.717) is 12.0 Å². The van der Waals surface area contributed by atoms with E-state index in [9.17, 15) is 4.79 Å².